The summed E-state index contributed by atoms with van der Waals surface area (Å²) in [4.78, 5) is 21.2. The van der Waals surface area contributed by atoms with Crippen molar-refractivity contribution >= 4 is 40.3 Å². The number of rotatable bonds is 3. The van der Waals surface area contributed by atoms with E-state index in [1.54, 1.807) is 6.92 Å². The highest BCUT2D eigenvalue weighted by Gasteiger charge is 2.20. The maximum Gasteiger partial charge on any atom is 0.376 e. The molecule has 0 aliphatic carbocycles. The molecular weight excluding hydrogens is 220 g/mol. The van der Waals surface area contributed by atoms with Gasteiger partial charge in [0.15, 0.2) is 0 Å². The lowest BCUT2D eigenvalue weighted by Crippen LogP contribution is -2.22. The van der Waals surface area contributed by atoms with Crippen molar-refractivity contribution in [2.45, 2.75) is 11.1 Å². The molecule has 1 atom stereocenters. The molecule has 0 aliphatic heterocycles. The first kappa shape index (κ1) is 9.97. The van der Waals surface area contributed by atoms with E-state index in [9.17, 15) is 9.59 Å². The molecule has 0 N–H and O–H groups in total. The summed E-state index contributed by atoms with van der Waals surface area (Å²) in [5.41, 5.74) is 0. The van der Waals surface area contributed by atoms with E-state index in [2.05, 4.69) is 33.3 Å². The summed E-state index contributed by atoms with van der Waals surface area (Å²) in [5, 5.41) is 0. The summed E-state index contributed by atoms with van der Waals surface area (Å²) in [6.07, 6.45) is 0. The fourth-order valence-electron chi connectivity index (χ4n) is 0.299. The fraction of sp³-hybridized carbons (Fsp3) is 0.600. The molecule has 0 aromatic rings. The van der Waals surface area contributed by atoms with Gasteiger partial charge in [0, 0.05) is 0 Å². The van der Waals surface area contributed by atoms with Crippen LogP contribution in [0, 0.1) is 0 Å². The van der Waals surface area contributed by atoms with Crippen LogP contribution in [0.5, 0.6) is 0 Å². The monoisotopic (exact) mass is 226 g/mol. The van der Waals surface area contributed by atoms with E-state index in [-0.39, 0.29) is 6.61 Å². The number of ether oxygens (including phenoxy) is 1. The minimum Gasteiger partial charge on any atom is -0.460 e. The molecule has 0 aromatic heterocycles. The van der Waals surface area contributed by atoms with Gasteiger partial charge in [0.25, 0.3) is 5.78 Å². The Hall–Kier alpha value is -0.0300. The molecule has 0 amide bonds. The third-order valence-electron chi connectivity index (χ3n) is 0.693. The van der Waals surface area contributed by atoms with Gasteiger partial charge in [-0.2, -0.15) is 12.6 Å². The van der Waals surface area contributed by atoms with Crippen LogP contribution in [0.2, 0.25) is 0 Å². The topological polar surface area (TPSA) is 43.4 Å². The Kier molecular flexibility index (Phi) is 4.72. The van der Waals surface area contributed by atoms with Crippen LogP contribution in [0.15, 0.2) is 0 Å². The number of hydrogen-bond donors (Lipinski definition) is 1. The Morgan fingerprint density at radius 2 is 2.20 bits per heavy atom. The molecule has 3 nitrogen and oxygen atoms in total. The first-order valence-corrected chi connectivity index (χ1v) is 4.06. The number of carbonyl (C=O) groups excluding carboxylic acids is 2. The van der Waals surface area contributed by atoms with Crippen LogP contribution in [0.4, 0.5) is 0 Å². The van der Waals surface area contributed by atoms with Gasteiger partial charge in [0.1, 0.15) is 4.16 Å². The van der Waals surface area contributed by atoms with Gasteiger partial charge in [-0.05, 0) is 6.92 Å². The largest absolute Gasteiger partial charge is 0.460 e. The zero-order valence-corrected chi connectivity index (χ0v) is 7.81. The highest BCUT2D eigenvalue weighted by molar-refractivity contribution is 9.11. The Balaban J connectivity index is 3.83. The summed E-state index contributed by atoms with van der Waals surface area (Å²) in [6.45, 7) is 1.84. The van der Waals surface area contributed by atoms with Gasteiger partial charge in [0.05, 0.1) is 6.61 Å². The second-order valence-electron chi connectivity index (χ2n) is 1.42. The average Bonchev–Trinajstić information content (AvgIpc) is 1.87. The summed E-state index contributed by atoms with van der Waals surface area (Å²) in [5.74, 6) is -1.52. The molecule has 0 saturated heterocycles. The molecule has 0 aromatic carbocycles. The smallest absolute Gasteiger partial charge is 0.376 e. The van der Waals surface area contributed by atoms with Crippen molar-refractivity contribution in [2.75, 3.05) is 6.61 Å². The van der Waals surface area contributed by atoms with Crippen LogP contribution in [0.3, 0.4) is 0 Å². The maximum atomic E-state index is 10.6. The lowest BCUT2D eigenvalue weighted by molar-refractivity contribution is -0.152. The number of ketones is 1. The second-order valence-corrected chi connectivity index (χ2v) is 3.56. The van der Waals surface area contributed by atoms with E-state index in [0.29, 0.717) is 0 Å². The number of carbonyl (C=O) groups is 2. The molecule has 0 spiro atoms. The van der Waals surface area contributed by atoms with Crippen molar-refractivity contribution in [3.63, 3.8) is 0 Å². The van der Waals surface area contributed by atoms with Gasteiger partial charge in [-0.15, -0.1) is 0 Å². The first-order valence-electron chi connectivity index (χ1n) is 2.62. The Labute approximate surface area is 72.7 Å². The lowest BCUT2D eigenvalue weighted by atomic mass is 10.5. The van der Waals surface area contributed by atoms with Crippen molar-refractivity contribution in [2.24, 2.45) is 0 Å². The van der Waals surface area contributed by atoms with Crippen LogP contribution in [0.25, 0.3) is 0 Å². The van der Waals surface area contributed by atoms with E-state index in [0.717, 1.165) is 0 Å². The molecule has 5 heteroatoms. The second kappa shape index (κ2) is 4.73. The molecule has 0 rings (SSSR count). The molecule has 58 valence electrons. The summed E-state index contributed by atoms with van der Waals surface area (Å²) in [7, 11) is 0. The predicted octanol–water partition coefficient (Wildman–Crippen LogP) is 0.769. The van der Waals surface area contributed by atoms with Gasteiger partial charge < -0.3 is 4.74 Å². The zero-order chi connectivity index (χ0) is 8.15. The molecule has 0 radical (unpaired) electrons. The maximum absolute atomic E-state index is 10.6. The third-order valence-corrected chi connectivity index (χ3v) is 1.34. The lowest BCUT2D eigenvalue weighted by Gasteiger charge is -1.99. The standard InChI is InChI=1S/C5H7BrO3S/c1-2-9-5(8)3(7)4(6)10/h4,10H,2H2,1H3. The van der Waals surface area contributed by atoms with Crippen molar-refractivity contribution in [1.82, 2.24) is 0 Å². The molecule has 0 fully saturated rings. The number of esters is 1. The summed E-state index contributed by atoms with van der Waals surface area (Å²) >= 11 is 6.52. The van der Waals surface area contributed by atoms with Gasteiger partial charge in [-0.3, -0.25) is 4.79 Å². The van der Waals surface area contributed by atoms with E-state index < -0.39 is 15.9 Å². The highest BCUT2D eigenvalue weighted by Crippen LogP contribution is 2.05. The molecule has 10 heavy (non-hydrogen) atoms. The minimum atomic E-state index is -0.848. The van der Waals surface area contributed by atoms with Gasteiger partial charge >= 0.3 is 5.97 Å². The number of halogens is 1. The van der Waals surface area contributed by atoms with Crippen LogP contribution in [-0.4, -0.2) is 22.5 Å². The molecular formula is C5H7BrO3S. The van der Waals surface area contributed by atoms with E-state index in [1.165, 1.54) is 0 Å². The van der Waals surface area contributed by atoms with E-state index in [1.807, 2.05) is 0 Å². The van der Waals surface area contributed by atoms with Gasteiger partial charge in [-0.25, -0.2) is 4.79 Å². The number of alkyl halides is 1. The average molecular weight is 227 g/mol. The van der Waals surface area contributed by atoms with Crippen LogP contribution in [-0.2, 0) is 14.3 Å². The van der Waals surface area contributed by atoms with Crippen molar-refractivity contribution in [3.05, 3.63) is 0 Å². The number of thiol groups is 1. The van der Waals surface area contributed by atoms with Crippen molar-refractivity contribution in [3.8, 4) is 0 Å². The van der Waals surface area contributed by atoms with E-state index in [4.69, 9.17) is 0 Å². The normalized spacial score (nSPS) is 12.3. The Bertz CT molecular complexity index is 146. The van der Waals surface area contributed by atoms with Crippen LogP contribution < -0.4 is 0 Å². The molecule has 0 bridgehead atoms. The fourth-order valence-corrected chi connectivity index (χ4v) is 0.592. The summed E-state index contributed by atoms with van der Waals surface area (Å²) in [6, 6.07) is 0. The predicted molar refractivity (Wildman–Crippen MR) is 43.3 cm³/mol. The summed E-state index contributed by atoms with van der Waals surface area (Å²) < 4.78 is 3.64. The first-order chi connectivity index (χ1) is 4.59. The molecule has 0 saturated carbocycles. The number of hydrogen-bond acceptors (Lipinski definition) is 4. The van der Waals surface area contributed by atoms with Crippen LogP contribution >= 0.6 is 28.6 Å². The van der Waals surface area contributed by atoms with E-state index >= 15 is 0 Å². The van der Waals surface area contributed by atoms with Crippen molar-refractivity contribution in [1.29, 1.82) is 0 Å². The molecule has 0 aliphatic rings. The highest BCUT2D eigenvalue weighted by atomic mass is 79.9. The SMILES string of the molecule is CCOC(=O)C(=O)C(S)Br. The third kappa shape index (κ3) is 3.22. The van der Waals surface area contributed by atoms with Gasteiger partial charge in [0.2, 0.25) is 0 Å². The Morgan fingerprint density at radius 1 is 1.70 bits per heavy atom. The Morgan fingerprint density at radius 3 is 2.50 bits per heavy atom. The van der Waals surface area contributed by atoms with Crippen molar-refractivity contribution < 1.29 is 14.3 Å². The zero-order valence-electron chi connectivity index (χ0n) is 5.33. The minimum absolute atomic E-state index is 0.206. The molecule has 1 unspecified atom stereocenters. The van der Waals surface area contributed by atoms with Gasteiger partial charge in [-0.1, -0.05) is 15.9 Å². The number of Topliss-reactive ketones (excluding diaryl/α,β-unsaturated/α-hetero) is 1. The van der Waals surface area contributed by atoms with Crippen LogP contribution in [0.1, 0.15) is 6.92 Å². The molecule has 0 heterocycles. The quantitative estimate of drug-likeness (QED) is 0.335.